The molecule has 1 heterocycles. The standard InChI is InChI=1S/C23H25N3O3/c1-23(2,3)29-22(28)25-15-19(16-9-5-4-6-10-16)21(27)26-18-13-17-11-7-8-12-20(17)24-14-18/h4-14,19H,15H2,1-3H3,(H,25,28)(H,26,27)/t19-/m1/s1. The van der Waals surface area contributed by atoms with Crippen LogP contribution in [0.25, 0.3) is 10.9 Å². The van der Waals surface area contributed by atoms with E-state index in [9.17, 15) is 9.59 Å². The van der Waals surface area contributed by atoms with Crippen LogP contribution in [0.3, 0.4) is 0 Å². The van der Waals surface area contributed by atoms with E-state index in [1.165, 1.54) is 0 Å². The summed E-state index contributed by atoms with van der Waals surface area (Å²) in [6, 6.07) is 18.9. The molecule has 1 atom stereocenters. The number of hydrogen-bond donors (Lipinski definition) is 2. The molecule has 0 aliphatic rings. The van der Waals surface area contributed by atoms with Crippen LogP contribution < -0.4 is 10.6 Å². The largest absolute Gasteiger partial charge is 0.444 e. The average Bonchev–Trinajstić information content (AvgIpc) is 2.67. The second-order valence-electron chi connectivity index (χ2n) is 7.75. The molecule has 1 aromatic heterocycles. The molecule has 2 aromatic carbocycles. The fourth-order valence-electron chi connectivity index (χ4n) is 2.92. The van der Waals surface area contributed by atoms with E-state index in [4.69, 9.17) is 4.74 Å². The van der Waals surface area contributed by atoms with E-state index in [0.717, 1.165) is 16.5 Å². The van der Waals surface area contributed by atoms with Crippen molar-refractivity contribution in [3.05, 3.63) is 72.4 Å². The van der Waals surface area contributed by atoms with Gasteiger partial charge in [-0.25, -0.2) is 4.79 Å². The molecule has 0 aliphatic heterocycles. The summed E-state index contributed by atoms with van der Waals surface area (Å²) in [5.41, 5.74) is 1.66. The first-order chi connectivity index (χ1) is 13.8. The highest BCUT2D eigenvalue weighted by Crippen LogP contribution is 2.20. The molecular weight excluding hydrogens is 366 g/mol. The maximum Gasteiger partial charge on any atom is 0.407 e. The summed E-state index contributed by atoms with van der Waals surface area (Å²) in [7, 11) is 0. The van der Waals surface area contributed by atoms with Crippen LogP contribution in [0.4, 0.5) is 10.5 Å². The summed E-state index contributed by atoms with van der Waals surface area (Å²) in [5, 5.41) is 6.55. The van der Waals surface area contributed by atoms with Crippen molar-refractivity contribution in [2.75, 3.05) is 11.9 Å². The van der Waals surface area contributed by atoms with E-state index >= 15 is 0 Å². The van der Waals surface area contributed by atoms with Gasteiger partial charge >= 0.3 is 6.09 Å². The topological polar surface area (TPSA) is 80.3 Å². The van der Waals surface area contributed by atoms with Gasteiger partial charge in [-0.05, 0) is 38.5 Å². The third-order valence-electron chi connectivity index (χ3n) is 4.23. The smallest absolute Gasteiger partial charge is 0.407 e. The molecule has 0 saturated heterocycles. The summed E-state index contributed by atoms with van der Waals surface area (Å²) in [5.74, 6) is -0.806. The Hall–Kier alpha value is -3.41. The quantitative estimate of drug-likeness (QED) is 0.672. The van der Waals surface area contributed by atoms with Gasteiger partial charge in [0.05, 0.1) is 23.3 Å². The maximum absolute atomic E-state index is 13.0. The summed E-state index contributed by atoms with van der Waals surface area (Å²) < 4.78 is 5.28. The molecule has 2 N–H and O–H groups in total. The van der Waals surface area contributed by atoms with Crippen LogP contribution in [0, 0.1) is 0 Å². The number of anilines is 1. The Morgan fingerprint density at radius 1 is 1.03 bits per heavy atom. The minimum absolute atomic E-state index is 0.117. The molecule has 0 unspecified atom stereocenters. The first-order valence-electron chi connectivity index (χ1n) is 9.49. The SMILES string of the molecule is CC(C)(C)OC(=O)NC[C@@H](C(=O)Nc1cnc2ccccc2c1)c1ccccc1. The number of benzene rings is 2. The number of nitrogens with one attached hydrogen (secondary N) is 2. The Labute approximate surface area is 170 Å². The molecule has 29 heavy (non-hydrogen) atoms. The minimum atomic E-state index is -0.606. The van der Waals surface area contributed by atoms with E-state index in [2.05, 4.69) is 15.6 Å². The van der Waals surface area contributed by atoms with Crippen LogP contribution in [0.1, 0.15) is 32.3 Å². The monoisotopic (exact) mass is 391 g/mol. The van der Waals surface area contributed by atoms with E-state index < -0.39 is 17.6 Å². The lowest BCUT2D eigenvalue weighted by atomic mass is 9.98. The van der Waals surface area contributed by atoms with Crippen LogP contribution in [0.2, 0.25) is 0 Å². The number of para-hydroxylation sites is 1. The zero-order valence-corrected chi connectivity index (χ0v) is 16.8. The van der Waals surface area contributed by atoms with Crippen molar-refractivity contribution in [3.63, 3.8) is 0 Å². The Balaban J connectivity index is 1.75. The third-order valence-corrected chi connectivity index (χ3v) is 4.23. The van der Waals surface area contributed by atoms with Gasteiger partial charge < -0.3 is 15.4 Å². The van der Waals surface area contributed by atoms with Crippen molar-refractivity contribution < 1.29 is 14.3 Å². The van der Waals surface area contributed by atoms with Crippen molar-refractivity contribution >= 4 is 28.6 Å². The Bertz CT molecular complexity index is 997. The molecule has 150 valence electrons. The highest BCUT2D eigenvalue weighted by atomic mass is 16.6. The van der Waals surface area contributed by atoms with Crippen LogP contribution in [-0.4, -0.2) is 29.1 Å². The lowest BCUT2D eigenvalue weighted by Crippen LogP contribution is -2.37. The molecule has 2 amide bonds. The van der Waals surface area contributed by atoms with Gasteiger partial charge in [0.1, 0.15) is 5.60 Å². The molecule has 0 bridgehead atoms. The van der Waals surface area contributed by atoms with Crippen LogP contribution in [0.5, 0.6) is 0 Å². The van der Waals surface area contributed by atoms with Gasteiger partial charge in [-0.3, -0.25) is 9.78 Å². The first kappa shape index (κ1) is 20.3. The molecule has 0 radical (unpaired) electrons. The van der Waals surface area contributed by atoms with E-state index in [1.807, 2.05) is 60.7 Å². The van der Waals surface area contributed by atoms with E-state index in [1.54, 1.807) is 27.0 Å². The average molecular weight is 391 g/mol. The molecule has 3 aromatic rings. The minimum Gasteiger partial charge on any atom is -0.444 e. The number of carbonyl (C=O) groups excluding carboxylic acids is 2. The molecule has 6 heteroatoms. The number of ether oxygens (including phenoxy) is 1. The van der Waals surface area contributed by atoms with Gasteiger partial charge in [0, 0.05) is 11.9 Å². The fraction of sp³-hybridized carbons (Fsp3) is 0.261. The molecular formula is C23H25N3O3. The number of aromatic nitrogens is 1. The van der Waals surface area contributed by atoms with Crippen LogP contribution >= 0.6 is 0 Å². The van der Waals surface area contributed by atoms with Crippen molar-refractivity contribution in [3.8, 4) is 0 Å². The molecule has 0 saturated carbocycles. The van der Waals surface area contributed by atoms with Crippen molar-refractivity contribution in [2.45, 2.75) is 32.3 Å². The fourth-order valence-corrected chi connectivity index (χ4v) is 2.92. The number of hydrogen-bond acceptors (Lipinski definition) is 4. The Morgan fingerprint density at radius 2 is 1.72 bits per heavy atom. The number of pyridine rings is 1. The van der Waals surface area contributed by atoms with Gasteiger partial charge in [-0.15, -0.1) is 0 Å². The number of rotatable bonds is 5. The van der Waals surface area contributed by atoms with E-state index in [-0.39, 0.29) is 12.5 Å². The number of amides is 2. The zero-order valence-electron chi connectivity index (χ0n) is 16.8. The van der Waals surface area contributed by atoms with Gasteiger partial charge in [-0.1, -0.05) is 48.5 Å². The molecule has 0 aliphatic carbocycles. The maximum atomic E-state index is 13.0. The Kier molecular flexibility index (Phi) is 6.12. The Morgan fingerprint density at radius 3 is 2.45 bits per heavy atom. The second kappa shape index (κ2) is 8.73. The predicted octanol–water partition coefficient (Wildman–Crippen LogP) is 4.48. The lowest BCUT2D eigenvalue weighted by molar-refractivity contribution is -0.117. The van der Waals surface area contributed by atoms with Gasteiger partial charge in [0.15, 0.2) is 0 Å². The lowest BCUT2D eigenvalue weighted by Gasteiger charge is -2.22. The summed E-state index contributed by atoms with van der Waals surface area (Å²) in [6.45, 7) is 5.49. The van der Waals surface area contributed by atoms with Crippen LogP contribution in [0.15, 0.2) is 66.9 Å². The summed E-state index contributed by atoms with van der Waals surface area (Å²) in [6.07, 6.45) is 1.07. The number of alkyl carbamates (subject to hydrolysis) is 1. The van der Waals surface area contributed by atoms with Crippen molar-refractivity contribution in [1.82, 2.24) is 10.3 Å². The normalized spacial score (nSPS) is 12.2. The summed E-state index contributed by atoms with van der Waals surface area (Å²) in [4.78, 5) is 29.4. The number of nitrogens with zero attached hydrogens (tertiary/aromatic N) is 1. The molecule has 6 nitrogen and oxygen atoms in total. The number of fused-ring (bicyclic) bond motifs is 1. The predicted molar refractivity (Wildman–Crippen MR) is 114 cm³/mol. The molecule has 0 fully saturated rings. The summed E-state index contributed by atoms with van der Waals surface area (Å²) >= 11 is 0. The number of carbonyl (C=O) groups is 2. The first-order valence-corrected chi connectivity index (χ1v) is 9.49. The van der Waals surface area contributed by atoms with Gasteiger partial charge in [0.25, 0.3) is 0 Å². The zero-order chi connectivity index (χ0) is 20.9. The highest BCUT2D eigenvalue weighted by Gasteiger charge is 2.23. The van der Waals surface area contributed by atoms with Crippen molar-refractivity contribution in [2.24, 2.45) is 0 Å². The second-order valence-corrected chi connectivity index (χ2v) is 7.75. The van der Waals surface area contributed by atoms with Gasteiger partial charge in [-0.2, -0.15) is 0 Å². The van der Waals surface area contributed by atoms with Crippen molar-refractivity contribution in [1.29, 1.82) is 0 Å². The molecule has 3 rings (SSSR count). The van der Waals surface area contributed by atoms with Crippen LogP contribution in [-0.2, 0) is 9.53 Å². The van der Waals surface area contributed by atoms with Gasteiger partial charge in [0.2, 0.25) is 5.91 Å². The highest BCUT2D eigenvalue weighted by molar-refractivity contribution is 5.97. The third kappa shape index (κ3) is 5.78. The molecule has 0 spiro atoms. The van der Waals surface area contributed by atoms with E-state index in [0.29, 0.717) is 5.69 Å².